The summed E-state index contributed by atoms with van der Waals surface area (Å²) in [5, 5.41) is 2.59. The summed E-state index contributed by atoms with van der Waals surface area (Å²) in [6, 6.07) is 5.24. The number of nitrogens with one attached hydrogen (secondary N) is 1. The fraction of sp³-hybridized carbons (Fsp3) is 0.417. The number of rotatable bonds is 2. The number of nitrogen functional groups attached to an aromatic ring is 1. The normalized spacial score (nSPS) is 16.6. The van der Waals surface area contributed by atoms with Gasteiger partial charge in [0.15, 0.2) is 0 Å². The SMILES string of the molecule is CNC(=O)c1ccc(N)c(N2CCS(=O)CC2)c1. The highest BCUT2D eigenvalue weighted by atomic mass is 32.2. The largest absolute Gasteiger partial charge is 0.397 e. The highest BCUT2D eigenvalue weighted by molar-refractivity contribution is 7.85. The maximum absolute atomic E-state index is 11.6. The number of hydrogen-bond acceptors (Lipinski definition) is 4. The van der Waals surface area contributed by atoms with Gasteiger partial charge in [0, 0.05) is 48.0 Å². The summed E-state index contributed by atoms with van der Waals surface area (Å²) >= 11 is 0. The van der Waals surface area contributed by atoms with Crippen molar-refractivity contribution in [1.82, 2.24) is 5.32 Å². The minimum atomic E-state index is -0.719. The van der Waals surface area contributed by atoms with Crippen molar-refractivity contribution in [3.63, 3.8) is 0 Å². The molecule has 1 amide bonds. The number of carbonyl (C=O) groups excluding carboxylic acids is 1. The number of hydrogen-bond donors (Lipinski definition) is 2. The molecule has 1 aliphatic rings. The lowest BCUT2D eigenvalue weighted by atomic mass is 10.1. The van der Waals surface area contributed by atoms with E-state index in [1.807, 2.05) is 0 Å². The molecule has 3 N–H and O–H groups in total. The summed E-state index contributed by atoms with van der Waals surface area (Å²) < 4.78 is 11.3. The first-order valence-corrected chi connectivity index (χ1v) is 7.32. The summed E-state index contributed by atoms with van der Waals surface area (Å²) in [5.41, 5.74) is 8.04. The molecule has 18 heavy (non-hydrogen) atoms. The van der Waals surface area contributed by atoms with Crippen molar-refractivity contribution in [2.24, 2.45) is 0 Å². The highest BCUT2D eigenvalue weighted by Crippen LogP contribution is 2.25. The molecule has 0 bridgehead atoms. The van der Waals surface area contributed by atoms with Gasteiger partial charge in [-0.1, -0.05) is 0 Å². The Hall–Kier alpha value is -1.56. The van der Waals surface area contributed by atoms with Crippen LogP contribution in [0.1, 0.15) is 10.4 Å². The van der Waals surface area contributed by atoms with Crippen molar-refractivity contribution in [3.8, 4) is 0 Å². The Bertz CT molecular complexity index is 480. The lowest BCUT2D eigenvalue weighted by Crippen LogP contribution is -2.38. The molecule has 0 saturated carbocycles. The maximum Gasteiger partial charge on any atom is 0.251 e. The zero-order valence-electron chi connectivity index (χ0n) is 10.3. The van der Waals surface area contributed by atoms with Crippen LogP contribution in [0, 0.1) is 0 Å². The highest BCUT2D eigenvalue weighted by Gasteiger charge is 2.18. The number of nitrogens with two attached hydrogens (primary N) is 1. The van der Waals surface area contributed by atoms with Gasteiger partial charge in [0.1, 0.15) is 0 Å². The molecule has 0 atom stereocenters. The summed E-state index contributed by atoms with van der Waals surface area (Å²) in [6.07, 6.45) is 0. The van der Waals surface area contributed by atoms with E-state index in [9.17, 15) is 9.00 Å². The van der Waals surface area contributed by atoms with Crippen LogP contribution in [0.4, 0.5) is 11.4 Å². The number of benzene rings is 1. The van der Waals surface area contributed by atoms with E-state index in [0.717, 1.165) is 5.69 Å². The van der Waals surface area contributed by atoms with Gasteiger partial charge in [-0.3, -0.25) is 9.00 Å². The van der Waals surface area contributed by atoms with E-state index in [1.54, 1.807) is 25.2 Å². The van der Waals surface area contributed by atoms with Crippen LogP contribution in [-0.2, 0) is 10.8 Å². The van der Waals surface area contributed by atoms with E-state index < -0.39 is 10.8 Å². The van der Waals surface area contributed by atoms with Gasteiger partial charge in [0.25, 0.3) is 5.91 Å². The number of nitrogens with zero attached hydrogens (tertiary/aromatic N) is 1. The fourth-order valence-electron chi connectivity index (χ4n) is 1.98. The lowest BCUT2D eigenvalue weighted by Gasteiger charge is -2.29. The van der Waals surface area contributed by atoms with Crippen molar-refractivity contribution in [2.75, 3.05) is 42.3 Å². The Morgan fingerprint density at radius 1 is 1.39 bits per heavy atom. The summed E-state index contributed by atoms with van der Waals surface area (Å²) in [5.74, 6) is 1.18. The van der Waals surface area contributed by atoms with Crippen molar-refractivity contribution in [3.05, 3.63) is 23.8 Å². The van der Waals surface area contributed by atoms with Gasteiger partial charge in [-0.2, -0.15) is 0 Å². The van der Waals surface area contributed by atoms with Gasteiger partial charge < -0.3 is 16.0 Å². The summed E-state index contributed by atoms with van der Waals surface area (Å²) in [7, 11) is 0.881. The Morgan fingerprint density at radius 3 is 2.67 bits per heavy atom. The zero-order chi connectivity index (χ0) is 13.1. The molecule has 0 spiro atoms. The van der Waals surface area contributed by atoms with Gasteiger partial charge in [-0.05, 0) is 18.2 Å². The predicted molar refractivity (Wildman–Crippen MR) is 74.3 cm³/mol. The second-order valence-corrected chi connectivity index (χ2v) is 5.88. The van der Waals surface area contributed by atoms with E-state index >= 15 is 0 Å². The quantitative estimate of drug-likeness (QED) is 0.750. The van der Waals surface area contributed by atoms with Gasteiger partial charge in [-0.15, -0.1) is 0 Å². The van der Waals surface area contributed by atoms with E-state index in [1.165, 1.54) is 0 Å². The minimum Gasteiger partial charge on any atom is -0.397 e. The molecule has 98 valence electrons. The minimum absolute atomic E-state index is 0.128. The van der Waals surface area contributed by atoms with E-state index in [-0.39, 0.29) is 5.91 Å². The molecule has 1 saturated heterocycles. The summed E-state index contributed by atoms with van der Waals surface area (Å²) in [6.45, 7) is 1.43. The smallest absolute Gasteiger partial charge is 0.251 e. The Balaban J connectivity index is 2.26. The molecule has 1 aromatic rings. The standard InChI is InChI=1S/C12H17N3O2S/c1-14-12(16)9-2-3-10(13)11(8-9)15-4-6-18(17)7-5-15/h2-3,8H,4-7,13H2,1H3,(H,14,16). The Labute approximate surface area is 109 Å². The molecule has 1 heterocycles. The van der Waals surface area contributed by atoms with Crippen molar-refractivity contribution in [1.29, 1.82) is 0 Å². The summed E-state index contributed by atoms with van der Waals surface area (Å²) in [4.78, 5) is 13.7. The molecular formula is C12H17N3O2S. The van der Waals surface area contributed by atoms with Crippen LogP contribution in [0.5, 0.6) is 0 Å². The lowest BCUT2D eigenvalue weighted by molar-refractivity contribution is 0.0963. The molecule has 1 aliphatic heterocycles. The zero-order valence-corrected chi connectivity index (χ0v) is 11.1. The second-order valence-electron chi connectivity index (χ2n) is 4.19. The van der Waals surface area contributed by atoms with Gasteiger partial charge in [0.05, 0.1) is 11.4 Å². The Kier molecular flexibility index (Phi) is 3.86. The molecule has 0 unspecified atom stereocenters. The van der Waals surface area contributed by atoms with Crippen LogP contribution in [0.15, 0.2) is 18.2 Å². The third-order valence-electron chi connectivity index (χ3n) is 3.04. The maximum atomic E-state index is 11.6. The Morgan fingerprint density at radius 2 is 2.06 bits per heavy atom. The number of anilines is 2. The monoisotopic (exact) mass is 267 g/mol. The molecule has 5 nitrogen and oxygen atoms in total. The van der Waals surface area contributed by atoms with E-state index in [0.29, 0.717) is 35.8 Å². The topological polar surface area (TPSA) is 75.4 Å². The van der Waals surface area contributed by atoms with Gasteiger partial charge >= 0.3 is 0 Å². The van der Waals surface area contributed by atoms with Crippen LogP contribution in [0.3, 0.4) is 0 Å². The van der Waals surface area contributed by atoms with Gasteiger partial charge in [-0.25, -0.2) is 0 Å². The molecule has 0 aromatic heterocycles. The number of carbonyl (C=O) groups is 1. The first-order valence-electron chi connectivity index (χ1n) is 5.83. The third kappa shape index (κ3) is 2.64. The number of amides is 1. The molecule has 0 radical (unpaired) electrons. The van der Waals surface area contributed by atoms with Crippen LogP contribution in [0.25, 0.3) is 0 Å². The predicted octanol–water partition coefficient (Wildman–Crippen LogP) is 0.197. The molecular weight excluding hydrogens is 250 g/mol. The van der Waals surface area contributed by atoms with Gasteiger partial charge in [0.2, 0.25) is 0 Å². The molecule has 1 aromatic carbocycles. The average molecular weight is 267 g/mol. The van der Waals surface area contributed by atoms with Crippen molar-refractivity contribution < 1.29 is 9.00 Å². The molecule has 6 heteroatoms. The van der Waals surface area contributed by atoms with Crippen molar-refractivity contribution in [2.45, 2.75) is 0 Å². The fourth-order valence-corrected chi connectivity index (χ4v) is 3.03. The van der Waals surface area contributed by atoms with Crippen LogP contribution in [0.2, 0.25) is 0 Å². The molecule has 1 fully saturated rings. The van der Waals surface area contributed by atoms with E-state index in [2.05, 4.69) is 10.2 Å². The second kappa shape index (κ2) is 5.39. The van der Waals surface area contributed by atoms with Crippen LogP contribution < -0.4 is 16.0 Å². The van der Waals surface area contributed by atoms with Crippen LogP contribution >= 0.6 is 0 Å². The van der Waals surface area contributed by atoms with E-state index in [4.69, 9.17) is 5.73 Å². The van der Waals surface area contributed by atoms with Crippen molar-refractivity contribution >= 4 is 28.1 Å². The molecule has 2 rings (SSSR count). The third-order valence-corrected chi connectivity index (χ3v) is 4.31. The first kappa shape index (κ1) is 12.9. The van der Waals surface area contributed by atoms with Crippen LogP contribution in [-0.4, -0.2) is 41.8 Å². The first-order chi connectivity index (χ1) is 8.61. The molecule has 0 aliphatic carbocycles. The average Bonchev–Trinajstić information content (AvgIpc) is 2.39.